The van der Waals surface area contributed by atoms with Gasteiger partial charge in [-0.1, -0.05) is 0 Å². The van der Waals surface area contributed by atoms with Crippen molar-refractivity contribution in [1.82, 2.24) is 15.0 Å². The lowest BCUT2D eigenvalue weighted by Gasteiger charge is -2.12. The van der Waals surface area contributed by atoms with Gasteiger partial charge < -0.3 is 38.6 Å². The summed E-state index contributed by atoms with van der Waals surface area (Å²) in [4.78, 5) is 13.2. The quantitative estimate of drug-likeness (QED) is 0.247. The number of phenolic OH excluding ortho intramolecular Hbond substituents is 2. The molecule has 0 fully saturated rings. The van der Waals surface area contributed by atoms with Crippen LogP contribution in [-0.4, -0.2) is 84.6 Å². The summed E-state index contributed by atoms with van der Waals surface area (Å²) >= 11 is 0. The topological polar surface area (TPSA) is 135 Å². The maximum absolute atomic E-state index is 10.6. The largest absolute Gasteiger partial charge is 0.507 e. The number of aromatic hydroxyl groups is 2. The Balaban J connectivity index is 1.75. The molecule has 0 unspecified atom stereocenters. The van der Waals surface area contributed by atoms with Crippen molar-refractivity contribution in [1.29, 1.82) is 0 Å². The van der Waals surface area contributed by atoms with E-state index in [9.17, 15) is 10.2 Å². The highest BCUT2D eigenvalue weighted by atomic mass is 16.6. The predicted octanol–water partition coefficient (Wildman–Crippen LogP) is 3.86. The fourth-order valence-electron chi connectivity index (χ4n) is 3.35. The molecule has 3 aromatic rings. The predicted molar refractivity (Wildman–Crippen MR) is 140 cm³/mol. The molecule has 1 aromatic heterocycles. The van der Waals surface area contributed by atoms with Gasteiger partial charge in [0.15, 0.2) is 11.6 Å². The van der Waals surface area contributed by atoms with Gasteiger partial charge in [0.1, 0.15) is 29.6 Å². The summed E-state index contributed by atoms with van der Waals surface area (Å²) in [5, 5.41) is 21.2. The number of hydrogen-bond acceptors (Lipinski definition) is 11. The Hall–Kier alpha value is -3.67. The van der Waals surface area contributed by atoms with Crippen LogP contribution in [0, 0.1) is 0 Å². The van der Waals surface area contributed by atoms with Crippen molar-refractivity contribution in [3.63, 3.8) is 0 Å². The Kier molecular flexibility index (Phi) is 11.8. The zero-order valence-electron chi connectivity index (χ0n) is 22.0. The van der Waals surface area contributed by atoms with Gasteiger partial charge in [-0.05, 0) is 45.0 Å². The normalized spacial score (nSPS) is 10.9. The summed E-state index contributed by atoms with van der Waals surface area (Å²) in [6.45, 7) is 9.61. The zero-order chi connectivity index (χ0) is 27.2. The van der Waals surface area contributed by atoms with Crippen LogP contribution < -0.4 is 14.2 Å². The highest BCUT2D eigenvalue weighted by molar-refractivity contribution is 5.70. The summed E-state index contributed by atoms with van der Waals surface area (Å²) in [5.41, 5.74) is 0.709. The van der Waals surface area contributed by atoms with Gasteiger partial charge in [-0.3, -0.25) is 0 Å². The van der Waals surface area contributed by atoms with Crippen molar-refractivity contribution in [3.8, 4) is 51.8 Å². The molecule has 0 saturated heterocycles. The maximum Gasteiger partial charge on any atom is 0.320 e. The third-order valence-corrected chi connectivity index (χ3v) is 5.06. The van der Waals surface area contributed by atoms with Gasteiger partial charge in [0.25, 0.3) is 0 Å². The first-order chi connectivity index (χ1) is 18.5. The number of benzene rings is 2. The molecular formula is C27H35N3O8. The first-order valence-electron chi connectivity index (χ1n) is 12.6. The van der Waals surface area contributed by atoms with Crippen molar-refractivity contribution in [3.05, 3.63) is 36.4 Å². The molecule has 0 radical (unpaired) electrons. The van der Waals surface area contributed by atoms with Gasteiger partial charge in [-0.15, -0.1) is 0 Å². The van der Waals surface area contributed by atoms with Gasteiger partial charge >= 0.3 is 6.01 Å². The minimum Gasteiger partial charge on any atom is -0.507 e. The van der Waals surface area contributed by atoms with Crippen LogP contribution in [0.1, 0.15) is 20.8 Å². The van der Waals surface area contributed by atoms with E-state index in [0.717, 1.165) is 0 Å². The molecule has 11 nitrogen and oxygen atoms in total. The van der Waals surface area contributed by atoms with E-state index >= 15 is 0 Å². The first-order valence-corrected chi connectivity index (χ1v) is 12.6. The second-order valence-corrected chi connectivity index (χ2v) is 7.76. The van der Waals surface area contributed by atoms with E-state index in [1.54, 1.807) is 24.3 Å². The van der Waals surface area contributed by atoms with Crippen molar-refractivity contribution < 1.29 is 38.6 Å². The van der Waals surface area contributed by atoms with E-state index in [1.165, 1.54) is 12.1 Å². The molecule has 0 bridgehead atoms. The second-order valence-electron chi connectivity index (χ2n) is 7.76. The second kappa shape index (κ2) is 15.6. The number of aromatic nitrogens is 3. The Labute approximate surface area is 222 Å². The average Bonchev–Trinajstić information content (AvgIpc) is 2.90. The Morgan fingerprint density at radius 3 is 1.47 bits per heavy atom. The Morgan fingerprint density at radius 2 is 1.03 bits per heavy atom. The van der Waals surface area contributed by atoms with Crippen LogP contribution in [0.25, 0.3) is 22.8 Å². The van der Waals surface area contributed by atoms with E-state index in [1.807, 2.05) is 20.8 Å². The lowest BCUT2D eigenvalue weighted by molar-refractivity contribution is 0.0108. The van der Waals surface area contributed by atoms with Gasteiger partial charge in [0, 0.05) is 18.7 Å². The summed E-state index contributed by atoms with van der Waals surface area (Å²) in [6.07, 6.45) is 0. The standard InChI is InChI=1S/C27H35N3O8/c1-4-33-11-12-34-13-14-35-15-16-38-27-29-25(21-9-7-19(36-5-2)17-23(21)31)28-26(30-27)22-10-8-20(37-6-3)18-24(22)32/h7-10,17-18,31-32H,4-6,11-16H2,1-3H3. The molecule has 1 heterocycles. The molecule has 206 valence electrons. The maximum atomic E-state index is 10.6. The fourth-order valence-corrected chi connectivity index (χ4v) is 3.35. The molecule has 38 heavy (non-hydrogen) atoms. The number of nitrogens with zero attached hydrogens (tertiary/aromatic N) is 3. The van der Waals surface area contributed by atoms with Crippen molar-refractivity contribution in [2.75, 3.05) is 59.5 Å². The monoisotopic (exact) mass is 529 g/mol. The molecule has 0 amide bonds. The third-order valence-electron chi connectivity index (χ3n) is 5.06. The average molecular weight is 530 g/mol. The Bertz CT molecular complexity index is 1070. The van der Waals surface area contributed by atoms with Crippen LogP contribution in [0.4, 0.5) is 0 Å². The summed E-state index contributed by atoms with van der Waals surface area (Å²) in [5.74, 6) is 1.24. The van der Waals surface area contributed by atoms with E-state index in [-0.39, 0.29) is 42.4 Å². The van der Waals surface area contributed by atoms with Crippen LogP contribution in [0.2, 0.25) is 0 Å². The van der Waals surface area contributed by atoms with Gasteiger partial charge in [-0.2, -0.15) is 9.97 Å². The molecule has 11 heteroatoms. The molecule has 0 aliphatic carbocycles. The van der Waals surface area contributed by atoms with Gasteiger partial charge in [-0.25, -0.2) is 4.98 Å². The molecule has 0 aliphatic heterocycles. The number of ether oxygens (including phenoxy) is 6. The molecule has 0 aliphatic rings. The van der Waals surface area contributed by atoms with Crippen LogP contribution >= 0.6 is 0 Å². The molecule has 2 N–H and O–H groups in total. The minimum atomic E-state index is -0.0670. The number of rotatable bonds is 17. The van der Waals surface area contributed by atoms with Crippen LogP contribution in [-0.2, 0) is 14.2 Å². The molecule has 0 atom stereocenters. The smallest absolute Gasteiger partial charge is 0.320 e. The van der Waals surface area contributed by atoms with Gasteiger partial charge in [0.2, 0.25) is 0 Å². The van der Waals surface area contributed by atoms with E-state index in [2.05, 4.69) is 15.0 Å². The number of hydrogen-bond donors (Lipinski definition) is 2. The van der Waals surface area contributed by atoms with Crippen molar-refractivity contribution in [2.24, 2.45) is 0 Å². The Morgan fingerprint density at radius 1 is 0.553 bits per heavy atom. The molecule has 3 rings (SSSR count). The highest BCUT2D eigenvalue weighted by Crippen LogP contribution is 2.35. The zero-order valence-corrected chi connectivity index (χ0v) is 22.0. The molecule has 2 aromatic carbocycles. The van der Waals surface area contributed by atoms with Crippen LogP contribution in [0.5, 0.6) is 29.0 Å². The lowest BCUT2D eigenvalue weighted by atomic mass is 10.1. The summed E-state index contributed by atoms with van der Waals surface area (Å²) in [7, 11) is 0. The van der Waals surface area contributed by atoms with Crippen molar-refractivity contribution >= 4 is 0 Å². The highest BCUT2D eigenvalue weighted by Gasteiger charge is 2.17. The molecule has 0 saturated carbocycles. The van der Waals surface area contributed by atoms with E-state index < -0.39 is 0 Å². The van der Waals surface area contributed by atoms with Crippen molar-refractivity contribution in [2.45, 2.75) is 20.8 Å². The SMILES string of the molecule is CCOCCOCCOCCOc1nc(-c2ccc(OCC)cc2O)nc(-c2ccc(OCC)cc2O)n1. The number of phenols is 2. The van der Waals surface area contributed by atoms with Gasteiger partial charge in [0.05, 0.1) is 57.4 Å². The molecular weight excluding hydrogens is 494 g/mol. The third kappa shape index (κ3) is 8.72. The van der Waals surface area contributed by atoms with Crippen LogP contribution in [0.15, 0.2) is 36.4 Å². The minimum absolute atomic E-state index is 0.0168. The first kappa shape index (κ1) is 28.9. The lowest BCUT2D eigenvalue weighted by Crippen LogP contribution is -2.13. The fraction of sp³-hybridized carbons (Fsp3) is 0.444. The summed E-state index contributed by atoms with van der Waals surface area (Å²) in [6, 6.07) is 9.71. The van der Waals surface area contributed by atoms with E-state index in [4.69, 9.17) is 28.4 Å². The molecule has 0 spiro atoms. The summed E-state index contributed by atoms with van der Waals surface area (Å²) < 4.78 is 32.8. The van der Waals surface area contributed by atoms with Crippen LogP contribution in [0.3, 0.4) is 0 Å². The van der Waals surface area contributed by atoms with E-state index in [0.29, 0.717) is 68.9 Å².